The Morgan fingerprint density at radius 2 is 0.825 bits per heavy atom. The fourth-order valence-corrected chi connectivity index (χ4v) is 3.24. The summed E-state index contributed by atoms with van der Waals surface area (Å²) in [5.41, 5.74) is 1.69. The molecule has 210 valence electrons. The summed E-state index contributed by atoms with van der Waals surface area (Å²) in [6, 6.07) is 19.6. The zero-order chi connectivity index (χ0) is 31.7. The molecule has 1 N–H and O–H groups in total. The van der Waals surface area contributed by atoms with Crippen molar-refractivity contribution in [2.45, 2.75) is 84.0 Å². The fraction of sp³-hybridized carbons (Fsp3) is 0.433. The third kappa shape index (κ3) is 10.2. The number of carboxylic acid groups (broad SMARTS) is 1. The first-order valence-electron chi connectivity index (χ1n) is 12.0. The predicted octanol–water partition coefficient (Wildman–Crippen LogP) is 6.23. The minimum absolute atomic E-state index is 0.0964. The van der Waals surface area contributed by atoms with Crippen molar-refractivity contribution in [3.8, 4) is 24.3 Å². The number of carbonyl (C=O) groups is 1. The Labute approximate surface area is 239 Å². The molecule has 2 rings (SSSR count). The Balaban J connectivity index is 0.000000674. The van der Waals surface area contributed by atoms with Crippen molar-refractivity contribution in [1.29, 1.82) is 21.0 Å². The summed E-state index contributed by atoms with van der Waals surface area (Å²) in [6.07, 6.45) is 0. The van der Waals surface area contributed by atoms with E-state index in [9.17, 15) is 15.3 Å². The molecule has 0 heterocycles. The summed E-state index contributed by atoms with van der Waals surface area (Å²) in [6.45, 7) is 16.4. The van der Waals surface area contributed by atoms with Gasteiger partial charge in [-0.05, 0) is 96.7 Å². The van der Waals surface area contributed by atoms with Crippen LogP contribution >= 0.6 is 0 Å². The van der Waals surface area contributed by atoms with Crippen molar-refractivity contribution in [2.75, 3.05) is 0 Å². The number of hydrogen-bond donors (Lipinski definition) is 1. The van der Waals surface area contributed by atoms with Gasteiger partial charge in [-0.15, -0.1) is 0 Å². The topological polar surface area (TPSA) is 184 Å². The molecule has 0 aliphatic rings. The van der Waals surface area contributed by atoms with E-state index in [2.05, 4.69) is 24.3 Å². The van der Waals surface area contributed by atoms with Gasteiger partial charge in [0.05, 0.1) is 51.5 Å². The summed E-state index contributed by atoms with van der Waals surface area (Å²) in [7, 11) is 0. The van der Waals surface area contributed by atoms with Gasteiger partial charge in [-0.1, -0.05) is 29.8 Å². The van der Waals surface area contributed by atoms with Crippen molar-refractivity contribution in [2.24, 2.45) is 0 Å². The average molecular weight is 583 g/mol. The Morgan fingerprint density at radius 1 is 0.600 bits per heavy atom. The summed E-state index contributed by atoms with van der Waals surface area (Å²) in [5, 5.41) is 45.8. The van der Waals surface area contributed by atoms with Crippen LogP contribution in [-0.2, 0) is 47.0 Å². The number of rotatable bonds is 5. The molecule has 0 amide bonds. The Hall–Kier alpha value is -4.20. The van der Waals surface area contributed by atoms with E-state index in [4.69, 9.17) is 27.0 Å². The number of aryl methyl sites for hydroxylation is 1. The maximum atomic E-state index is 11.2. The molecule has 0 saturated heterocycles. The van der Waals surface area contributed by atoms with Gasteiger partial charge in [-0.2, -0.15) is 21.0 Å². The van der Waals surface area contributed by atoms with E-state index in [0.717, 1.165) is 16.7 Å². The van der Waals surface area contributed by atoms with Crippen molar-refractivity contribution < 1.29 is 35.3 Å². The normalized spacial score (nSPS) is 11.0. The van der Waals surface area contributed by atoms with E-state index in [1.54, 1.807) is 33.8 Å². The van der Waals surface area contributed by atoms with Gasteiger partial charge >= 0.3 is 31.3 Å². The molecule has 0 aromatic heterocycles. The molecule has 9 nitrogen and oxygen atoms in total. The molecular formula is C30H34CrN4O5. The van der Waals surface area contributed by atoms with E-state index >= 15 is 0 Å². The average Bonchev–Trinajstić information content (AvgIpc) is 2.88. The molecule has 2 aromatic rings. The third-order valence-corrected chi connectivity index (χ3v) is 6.26. The van der Waals surface area contributed by atoms with E-state index in [-0.39, 0.29) is 5.56 Å². The number of benzene rings is 2. The standard InChI is InChI=1S/C15H16N2O2.C15H18N2.Cr.3O/c1-14(2,8-16)11-5-10(13(18)19)6-12(7-11)15(3,4)9-17;1-11-6-12(14(2,3)9-16)8-13(7-11)15(4,5)10-17;;;;/h5-7H,1-4H3,(H,18,19);6-8H,1-5H3;;;;. The van der Waals surface area contributed by atoms with Crippen LogP contribution in [0.4, 0.5) is 0 Å². The third-order valence-electron chi connectivity index (χ3n) is 6.26. The van der Waals surface area contributed by atoms with E-state index in [0.29, 0.717) is 11.1 Å². The van der Waals surface area contributed by atoms with Crippen molar-refractivity contribution in [3.63, 3.8) is 0 Å². The molecule has 0 atom stereocenters. The Kier molecular flexibility index (Phi) is 12.3. The summed E-state index contributed by atoms with van der Waals surface area (Å²) < 4.78 is 25.6. The minimum atomic E-state index is -3.79. The van der Waals surface area contributed by atoms with Crippen LogP contribution in [-0.4, -0.2) is 11.1 Å². The second-order valence-electron chi connectivity index (χ2n) is 11.3. The molecule has 0 radical (unpaired) electrons. The Bertz CT molecular complexity index is 1450. The number of aromatic carboxylic acids is 1. The molecule has 10 heteroatoms. The van der Waals surface area contributed by atoms with Gasteiger partial charge in [0, 0.05) is 0 Å². The monoisotopic (exact) mass is 582 g/mol. The summed E-state index contributed by atoms with van der Waals surface area (Å²) in [5.74, 6) is -1.06. The number of nitriles is 4. The quantitative estimate of drug-likeness (QED) is 0.427. The maximum absolute atomic E-state index is 11.2. The van der Waals surface area contributed by atoms with Crippen LogP contribution in [0.2, 0.25) is 0 Å². The molecular weight excluding hydrogens is 548 g/mol. The van der Waals surface area contributed by atoms with Crippen LogP contribution in [0.25, 0.3) is 0 Å². The first-order chi connectivity index (χ1) is 18.1. The molecule has 0 aliphatic heterocycles. The fourth-order valence-electron chi connectivity index (χ4n) is 3.24. The van der Waals surface area contributed by atoms with E-state index < -0.39 is 41.6 Å². The van der Waals surface area contributed by atoms with Crippen LogP contribution in [0.5, 0.6) is 0 Å². The number of nitrogens with zero attached hydrogens (tertiary/aromatic N) is 4. The first-order valence-corrected chi connectivity index (χ1v) is 13.6. The molecule has 0 unspecified atom stereocenters. The molecule has 0 spiro atoms. The van der Waals surface area contributed by atoms with Gasteiger partial charge in [0.15, 0.2) is 0 Å². The van der Waals surface area contributed by atoms with Crippen molar-refractivity contribution in [3.05, 3.63) is 69.8 Å². The molecule has 0 saturated carbocycles. The van der Waals surface area contributed by atoms with E-state index in [1.807, 2.05) is 52.8 Å². The second kappa shape index (κ2) is 13.7. The van der Waals surface area contributed by atoms with Crippen LogP contribution in [0.1, 0.15) is 93.6 Å². The van der Waals surface area contributed by atoms with Gasteiger partial charge in [0.2, 0.25) is 0 Å². The van der Waals surface area contributed by atoms with Gasteiger partial charge in [0.25, 0.3) is 0 Å². The van der Waals surface area contributed by atoms with Gasteiger partial charge in [-0.3, -0.25) is 0 Å². The second-order valence-corrected chi connectivity index (χ2v) is 12.0. The van der Waals surface area contributed by atoms with E-state index in [1.165, 1.54) is 12.1 Å². The van der Waals surface area contributed by atoms with Gasteiger partial charge in [-0.25, -0.2) is 4.79 Å². The molecule has 0 aliphatic carbocycles. The Morgan fingerprint density at radius 3 is 1.02 bits per heavy atom. The van der Waals surface area contributed by atoms with Gasteiger partial charge < -0.3 is 5.11 Å². The molecule has 40 heavy (non-hydrogen) atoms. The summed E-state index contributed by atoms with van der Waals surface area (Å²) >= 11 is -3.79. The molecule has 0 fully saturated rings. The van der Waals surface area contributed by atoms with Crippen molar-refractivity contribution >= 4 is 5.97 Å². The van der Waals surface area contributed by atoms with Gasteiger partial charge in [0.1, 0.15) is 0 Å². The molecule has 2 aromatic carbocycles. The van der Waals surface area contributed by atoms with Crippen LogP contribution in [0.15, 0.2) is 36.4 Å². The number of hydrogen-bond acceptors (Lipinski definition) is 8. The summed E-state index contributed by atoms with van der Waals surface area (Å²) in [4.78, 5) is 11.2. The van der Waals surface area contributed by atoms with Crippen molar-refractivity contribution in [1.82, 2.24) is 0 Å². The van der Waals surface area contributed by atoms with Crippen LogP contribution < -0.4 is 0 Å². The number of carboxylic acids is 1. The van der Waals surface area contributed by atoms with Crippen LogP contribution in [0, 0.1) is 52.2 Å². The zero-order valence-electron chi connectivity index (χ0n) is 24.2. The van der Waals surface area contributed by atoms with Crippen LogP contribution in [0.3, 0.4) is 0 Å². The molecule has 0 bridgehead atoms. The first kappa shape index (κ1) is 35.8. The zero-order valence-corrected chi connectivity index (χ0v) is 25.5. The SMILES string of the molecule is CC(C)(C#N)c1cc(C(=O)O)cc(C(C)(C)C#N)c1.Cc1cc(C(C)(C)C#N)cc(C(C)(C)C#N)c1.[O]=[Cr](=[O])=[O]. The predicted molar refractivity (Wildman–Crippen MR) is 141 cm³/mol.